The highest BCUT2D eigenvalue weighted by atomic mass is 32.2. The summed E-state index contributed by atoms with van der Waals surface area (Å²) in [5.74, 6) is -0.403. The number of fused-ring (bicyclic) bond motifs is 1. The molecule has 0 amide bonds. The Kier molecular flexibility index (Phi) is 5.85. The summed E-state index contributed by atoms with van der Waals surface area (Å²) in [6.07, 6.45) is -0.570. The van der Waals surface area contributed by atoms with E-state index in [9.17, 15) is 23.1 Å². The van der Waals surface area contributed by atoms with Gasteiger partial charge in [0.2, 0.25) is 5.82 Å². The van der Waals surface area contributed by atoms with Crippen molar-refractivity contribution < 1.29 is 27.8 Å². The van der Waals surface area contributed by atoms with Crippen LogP contribution in [0.25, 0.3) is 0 Å². The number of nitrogens with one attached hydrogen (secondary N) is 3. The first kappa shape index (κ1) is 20.1. The van der Waals surface area contributed by atoms with Crippen molar-refractivity contribution in [1.29, 1.82) is 0 Å². The SMILES string of the molecule is NS(=O)(=O)NC[C@H](O)CNc1nonc1C(=N[C@H]1Cc2ccc(F)cc21)NO. The number of anilines is 1. The smallest absolute Gasteiger partial charge is 0.274 e. The van der Waals surface area contributed by atoms with Crippen molar-refractivity contribution >= 4 is 21.9 Å². The molecule has 28 heavy (non-hydrogen) atoms. The van der Waals surface area contributed by atoms with E-state index < -0.39 is 16.3 Å². The highest BCUT2D eigenvalue weighted by Crippen LogP contribution is 2.36. The van der Waals surface area contributed by atoms with Crippen LogP contribution in [0.2, 0.25) is 0 Å². The van der Waals surface area contributed by atoms with Gasteiger partial charge in [-0.05, 0) is 40.0 Å². The van der Waals surface area contributed by atoms with E-state index in [0.29, 0.717) is 12.0 Å². The Bertz CT molecular complexity index is 980. The third-order valence-corrected chi connectivity index (χ3v) is 4.58. The summed E-state index contributed by atoms with van der Waals surface area (Å²) in [7, 11) is -3.93. The minimum Gasteiger partial charge on any atom is -0.390 e. The molecule has 1 aliphatic rings. The lowest BCUT2D eigenvalue weighted by Gasteiger charge is -2.27. The molecule has 14 heteroatoms. The molecule has 0 saturated carbocycles. The summed E-state index contributed by atoms with van der Waals surface area (Å²) in [4.78, 5) is 4.30. The van der Waals surface area contributed by atoms with E-state index in [4.69, 9.17) is 5.14 Å². The van der Waals surface area contributed by atoms with Gasteiger partial charge in [0, 0.05) is 13.1 Å². The molecule has 0 aliphatic heterocycles. The molecular weight excluding hydrogens is 397 g/mol. The summed E-state index contributed by atoms with van der Waals surface area (Å²) in [6, 6.07) is 4.03. The van der Waals surface area contributed by atoms with Crippen molar-refractivity contribution in [3.8, 4) is 0 Å². The van der Waals surface area contributed by atoms with E-state index in [2.05, 4.69) is 25.3 Å². The van der Waals surface area contributed by atoms with Gasteiger partial charge < -0.3 is 10.4 Å². The zero-order valence-corrected chi connectivity index (χ0v) is 15.1. The molecule has 1 aromatic carbocycles. The van der Waals surface area contributed by atoms with Crippen molar-refractivity contribution in [3.05, 3.63) is 40.8 Å². The Morgan fingerprint density at radius 3 is 2.93 bits per heavy atom. The van der Waals surface area contributed by atoms with Gasteiger partial charge in [-0.15, -0.1) is 0 Å². The van der Waals surface area contributed by atoms with Crippen LogP contribution in [0.5, 0.6) is 0 Å². The Morgan fingerprint density at radius 1 is 1.43 bits per heavy atom. The standard InChI is InChI=1S/C14H18FN7O5S/c15-8-2-1-7-3-11(10(7)4-8)19-14(20-24)12-13(22-27-21-12)17-5-9(23)6-18-28(16,25)26/h1-2,4,9,11,18,23-24H,3,5-6H2,(H,17,22)(H,19,20)(H2,16,25,26)/t9-,11+/m1/s1. The third-order valence-electron chi connectivity index (χ3n) is 4.01. The maximum absolute atomic E-state index is 13.4. The molecule has 3 rings (SSSR count). The van der Waals surface area contributed by atoms with Gasteiger partial charge >= 0.3 is 0 Å². The maximum Gasteiger partial charge on any atom is 0.274 e. The summed E-state index contributed by atoms with van der Waals surface area (Å²) in [5, 5.41) is 33.9. The zero-order chi connectivity index (χ0) is 20.3. The number of halogens is 1. The highest BCUT2D eigenvalue weighted by molar-refractivity contribution is 7.87. The first-order valence-corrected chi connectivity index (χ1v) is 9.60. The summed E-state index contributed by atoms with van der Waals surface area (Å²) in [6.45, 7) is -0.448. The molecule has 152 valence electrons. The minimum atomic E-state index is -3.93. The van der Waals surface area contributed by atoms with Gasteiger partial charge in [-0.2, -0.15) is 13.1 Å². The van der Waals surface area contributed by atoms with Crippen LogP contribution in [-0.2, 0) is 16.6 Å². The number of aliphatic hydroxyl groups excluding tert-OH is 1. The molecule has 12 nitrogen and oxygen atoms in total. The number of aliphatic imine (C=N–C) groups is 1. The first-order chi connectivity index (χ1) is 13.3. The van der Waals surface area contributed by atoms with E-state index in [0.717, 1.165) is 5.56 Å². The van der Waals surface area contributed by atoms with Crippen molar-refractivity contribution in [2.75, 3.05) is 18.4 Å². The molecule has 0 bridgehead atoms. The van der Waals surface area contributed by atoms with Gasteiger partial charge in [0.15, 0.2) is 11.5 Å². The number of hydroxylamine groups is 1. The van der Waals surface area contributed by atoms with E-state index in [1.807, 2.05) is 10.2 Å². The summed E-state index contributed by atoms with van der Waals surface area (Å²) < 4.78 is 41.6. The number of hydrogen-bond acceptors (Lipinski definition) is 9. The predicted octanol–water partition coefficient (Wildman–Crippen LogP) is -1.20. The van der Waals surface area contributed by atoms with Crippen LogP contribution in [0.4, 0.5) is 10.2 Å². The molecule has 7 N–H and O–H groups in total. The number of hydrogen-bond donors (Lipinski definition) is 6. The zero-order valence-electron chi connectivity index (χ0n) is 14.3. The van der Waals surface area contributed by atoms with E-state index in [1.54, 1.807) is 6.07 Å². The van der Waals surface area contributed by atoms with Gasteiger partial charge in [-0.1, -0.05) is 6.07 Å². The fraction of sp³-hybridized carbons (Fsp3) is 0.357. The molecule has 0 radical (unpaired) electrons. The van der Waals surface area contributed by atoms with Crippen LogP contribution in [-0.4, -0.2) is 54.1 Å². The number of rotatable bonds is 8. The largest absolute Gasteiger partial charge is 0.390 e. The normalized spacial score (nSPS) is 17.6. The number of amidine groups is 1. The van der Waals surface area contributed by atoms with E-state index in [-0.39, 0.29) is 42.3 Å². The average molecular weight is 415 g/mol. The monoisotopic (exact) mass is 415 g/mol. The van der Waals surface area contributed by atoms with E-state index >= 15 is 0 Å². The van der Waals surface area contributed by atoms with Crippen LogP contribution >= 0.6 is 0 Å². The van der Waals surface area contributed by atoms with Gasteiger partial charge in [0.05, 0.1) is 12.1 Å². The first-order valence-electron chi connectivity index (χ1n) is 8.05. The predicted molar refractivity (Wildman–Crippen MR) is 94.2 cm³/mol. The van der Waals surface area contributed by atoms with Gasteiger partial charge in [-0.25, -0.2) is 14.2 Å². The Morgan fingerprint density at radius 2 is 2.21 bits per heavy atom. The number of nitrogens with two attached hydrogens (primary N) is 1. The Hall–Kier alpha value is -2.65. The second-order valence-electron chi connectivity index (χ2n) is 6.04. The molecule has 1 heterocycles. The molecule has 1 aromatic heterocycles. The number of aliphatic hydroxyl groups is 1. The lowest BCUT2D eigenvalue weighted by molar-refractivity contribution is 0.191. The van der Waals surface area contributed by atoms with Crippen LogP contribution in [0, 0.1) is 5.82 Å². The molecular formula is C14H18FN7O5S. The van der Waals surface area contributed by atoms with Gasteiger partial charge in [0.25, 0.3) is 10.2 Å². The molecule has 1 aliphatic carbocycles. The van der Waals surface area contributed by atoms with Crippen LogP contribution < -0.4 is 20.7 Å². The summed E-state index contributed by atoms with van der Waals surface area (Å²) in [5.41, 5.74) is 3.58. The van der Waals surface area contributed by atoms with Crippen LogP contribution in [0.1, 0.15) is 22.9 Å². The van der Waals surface area contributed by atoms with Crippen molar-refractivity contribution in [3.63, 3.8) is 0 Å². The second kappa shape index (κ2) is 8.15. The Balaban J connectivity index is 1.67. The lowest BCUT2D eigenvalue weighted by atomic mass is 9.83. The topological polar surface area (TPSA) is 188 Å². The lowest BCUT2D eigenvalue weighted by Crippen LogP contribution is -2.39. The van der Waals surface area contributed by atoms with Crippen molar-refractivity contribution in [2.45, 2.75) is 18.6 Å². The van der Waals surface area contributed by atoms with Crippen molar-refractivity contribution in [2.24, 2.45) is 10.1 Å². The Labute approximate surface area is 158 Å². The highest BCUT2D eigenvalue weighted by Gasteiger charge is 2.28. The number of aromatic nitrogens is 2. The average Bonchev–Trinajstić information content (AvgIpc) is 3.09. The van der Waals surface area contributed by atoms with Crippen LogP contribution in [0.15, 0.2) is 27.8 Å². The van der Waals surface area contributed by atoms with E-state index in [1.165, 1.54) is 12.1 Å². The summed E-state index contributed by atoms with van der Waals surface area (Å²) >= 11 is 0. The van der Waals surface area contributed by atoms with Crippen molar-refractivity contribution in [1.82, 2.24) is 20.5 Å². The number of benzene rings is 1. The number of nitrogens with zero attached hydrogens (tertiary/aromatic N) is 3. The minimum absolute atomic E-state index is 0.0268. The third kappa shape index (κ3) is 4.79. The molecule has 0 unspecified atom stereocenters. The molecule has 2 aromatic rings. The fourth-order valence-corrected chi connectivity index (χ4v) is 3.05. The fourth-order valence-electron chi connectivity index (χ4n) is 2.62. The van der Waals surface area contributed by atoms with Crippen LogP contribution in [0.3, 0.4) is 0 Å². The molecule has 2 atom stereocenters. The second-order valence-corrected chi connectivity index (χ2v) is 7.42. The van der Waals surface area contributed by atoms with Gasteiger partial charge in [-0.3, -0.25) is 15.7 Å². The van der Waals surface area contributed by atoms with Gasteiger partial charge in [0.1, 0.15) is 5.82 Å². The quantitative estimate of drug-likeness (QED) is 0.175. The molecule has 0 saturated heterocycles. The molecule has 0 spiro atoms. The maximum atomic E-state index is 13.4. The molecule has 0 fully saturated rings.